The molecular weight excluding hydrogens is 543 g/mol. The Hall–Kier alpha value is -3.30. The predicted molar refractivity (Wildman–Crippen MR) is 149 cm³/mol. The van der Waals surface area contributed by atoms with E-state index in [-0.39, 0.29) is 11.9 Å². The van der Waals surface area contributed by atoms with E-state index in [2.05, 4.69) is 12.1 Å². The van der Waals surface area contributed by atoms with E-state index in [0.29, 0.717) is 22.9 Å². The maximum absolute atomic E-state index is 13.0. The predicted octanol–water partition coefficient (Wildman–Crippen LogP) is 8.46. The fourth-order valence-electron chi connectivity index (χ4n) is 4.01. The largest absolute Gasteiger partial charge is 0.482 e. The van der Waals surface area contributed by atoms with Crippen LogP contribution in [0.1, 0.15) is 39.4 Å². The number of rotatable bonds is 10. The maximum Gasteiger partial charge on any atom is 0.416 e. The normalized spacial score (nSPS) is 12.3. The van der Waals surface area contributed by atoms with Crippen molar-refractivity contribution in [2.24, 2.45) is 0 Å². The van der Waals surface area contributed by atoms with E-state index in [0.717, 1.165) is 39.6 Å². The summed E-state index contributed by atoms with van der Waals surface area (Å²) in [6, 6.07) is 21.1. The van der Waals surface area contributed by atoms with Crippen LogP contribution in [0.15, 0.2) is 77.7 Å². The van der Waals surface area contributed by atoms with Crippen molar-refractivity contribution >= 4 is 29.1 Å². The number of alkyl halides is 3. The minimum absolute atomic E-state index is 0.0267. The van der Waals surface area contributed by atoms with Crippen LogP contribution in [0.2, 0.25) is 0 Å². The number of hydrogen-bond acceptors (Lipinski definition) is 6. The lowest BCUT2D eigenvalue weighted by Gasteiger charge is -2.17. The third-order valence-corrected chi connectivity index (χ3v) is 8.61. The molecule has 204 valence electrons. The monoisotopic (exact) mass is 571 g/mol. The van der Waals surface area contributed by atoms with Crippen molar-refractivity contribution in [1.29, 1.82) is 0 Å². The number of nitrogens with zero attached hydrogens (tertiary/aromatic N) is 1. The Morgan fingerprint density at radius 1 is 1.03 bits per heavy atom. The summed E-state index contributed by atoms with van der Waals surface area (Å²) < 4.78 is 49.6. The molecule has 1 atom stereocenters. The average molecular weight is 572 g/mol. The Kier molecular flexibility index (Phi) is 9.35. The first-order chi connectivity index (χ1) is 18.6. The summed E-state index contributed by atoms with van der Waals surface area (Å²) in [5.41, 5.74) is 2.90. The zero-order chi connectivity index (χ0) is 28.0. The van der Waals surface area contributed by atoms with E-state index in [1.807, 2.05) is 50.2 Å². The van der Waals surface area contributed by atoms with Gasteiger partial charge in [0.25, 0.3) is 0 Å². The van der Waals surface area contributed by atoms with Crippen molar-refractivity contribution in [3.63, 3.8) is 0 Å². The van der Waals surface area contributed by atoms with Crippen LogP contribution >= 0.6 is 23.1 Å². The molecule has 1 heterocycles. The van der Waals surface area contributed by atoms with Crippen molar-refractivity contribution < 1.29 is 27.4 Å². The fourth-order valence-corrected chi connectivity index (χ4v) is 6.62. The molecule has 0 aliphatic carbocycles. The third kappa shape index (κ3) is 7.64. The Labute approximate surface area is 234 Å². The molecular formula is C30H28F3NO3S2. The van der Waals surface area contributed by atoms with Gasteiger partial charge in [-0.3, -0.25) is 0 Å². The molecule has 0 N–H and O–H groups in total. The third-order valence-electron chi connectivity index (χ3n) is 5.92. The summed E-state index contributed by atoms with van der Waals surface area (Å²) in [4.78, 5) is 18.5. The Bertz CT molecular complexity index is 1400. The molecule has 0 aliphatic heterocycles. The molecule has 0 spiro atoms. The van der Waals surface area contributed by atoms with Crippen LogP contribution in [-0.2, 0) is 22.1 Å². The molecule has 0 saturated heterocycles. The van der Waals surface area contributed by atoms with Gasteiger partial charge in [0.1, 0.15) is 10.8 Å². The van der Waals surface area contributed by atoms with Gasteiger partial charge in [0, 0.05) is 20.6 Å². The number of halogens is 3. The number of thioether (sulfide) groups is 1. The van der Waals surface area contributed by atoms with Crippen LogP contribution in [0.25, 0.3) is 10.6 Å². The number of benzene rings is 3. The van der Waals surface area contributed by atoms with Gasteiger partial charge in [0.2, 0.25) is 0 Å². The first kappa shape index (κ1) is 28.7. The Morgan fingerprint density at radius 3 is 2.38 bits per heavy atom. The number of hydrogen-bond donors (Lipinski definition) is 0. The van der Waals surface area contributed by atoms with Crippen molar-refractivity contribution in [3.8, 4) is 16.3 Å². The van der Waals surface area contributed by atoms with E-state index in [9.17, 15) is 18.0 Å². The van der Waals surface area contributed by atoms with E-state index in [1.54, 1.807) is 18.7 Å². The van der Waals surface area contributed by atoms with Crippen LogP contribution in [0.4, 0.5) is 13.2 Å². The van der Waals surface area contributed by atoms with E-state index >= 15 is 0 Å². The topological polar surface area (TPSA) is 48.4 Å². The van der Waals surface area contributed by atoms with Crippen LogP contribution in [0.5, 0.6) is 5.75 Å². The van der Waals surface area contributed by atoms with Gasteiger partial charge in [-0.15, -0.1) is 23.1 Å². The van der Waals surface area contributed by atoms with Gasteiger partial charge in [0.05, 0.1) is 17.9 Å². The lowest BCUT2D eigenvalue weighted by atomic mass is 10.1. The molecule has 0 saturated carbocycles. The number of ether oxygens (including phenoxy) is 2. The number of carbonyl (C=O) groups is 1. The summed E-state index contributed by atoms with van der Waals surface area (Å²) in [5.74, 6) is 0.202. The van der Waals surface area contributed by atoms with E-state index in [4.69, 9.17) is 14.5 Å². The zero-order valence-electron chi connectivity index (χ0n) is 21.7. The molecule has 4 rings (SSSR count). The number of thiazole rings is 1. The lowest BCUT2D eigenvalue weighted by Crippen LogP contribution is -2.14. The molecule has 39 heavy (non-hydrogen) atoms. The lowest BCUT2D eigenvalue weighted by molar-refractivity contribution is -0.145. The number of esters is 1. The van der Waals surface area contributed by atoms with Gasteiger partial charge in [0.15, 0.2) is 6.61 Å². The molecule has 0 bridgehead atoms. The molecule has 9 heteroatoms. The summed E-state index contributed by atoms with van der Waals surface area (Å²) in [5, 5.41) is 0.715. The molecule has 3 aromatic carbocycles. The van der Waals surface area contributed by atoms with Gasteiger partial charge in [-0.05, 0) is 68.7 Å². The quantitative estimate of drug-likeness (QED) is 0.141. The first-order valence-electron chi connectivity index (χ1n) is 12.4. The summed E-state index contributed by atoms with van der Waals surface area (Å²) >= 11 is 3.20. The molecule has 0 radical (unpaired) electrons. The Morgan fingerprint density at radius 2 is 1.74 bits per heavy atom. The second-order valence-corrected chi connectivity index (χ2v) is 11.2. The molecule has 4 aromatic rings. The second kappa shape index (κ2) is 12.7. The van der Waals surface area contributed by atoms with E-state index < -0.39 is 17.7 Å². The van der Waals surface area contributed by atoms with Gasteiger partial charge < -0.3 is 9.47 Å². The standard InChI is InChI=1S/C30H28F3NO3S2/c1-4-36-27(35)18-37-25-15-14-24(16-19(25)2)38-26(17-21-8-6-5-7-9-21)28-20(3)34-29(39-28)22-10-12-23(13-11-22)30(31,32)33/h5-16,26H,4,17-18H2,1-3H3. The summed E-state index contributed by atoms with van der Waals surface area (Å²) in [6.45, 7) is 5.77. The molecule has 1 aromatic heterocycles. The van der Waals surface area contributed by atoms with Crippen molar-refractivity contribution in [1.82, 2.24) is 4.98 Å². The zero-order valence-corrected chi connectivity index (χ0v) is 23.4. The highest BCUT2D eigenvalue weighted by Gasteiger charge is 2.30. The highest BCUT2D eigenvalue weighted by atomic mass is 32.2. The van der Waals surface area contributed by atoms with Gasteiger partial charge in [-0.2, -0.15) is 13.2 Å². The van der Waals surface area contributed by atoms with E-state index in [1.165, 1.54) is 29.0 Å². The summed E-state index contributed by atoms with van der Waals surface area (Å²) in [6.07, 6.45) is -3.63. The van der Waals surface area contributed by atoms with Crippen LogP contribution in [-0.4, -0.2) is 24.2 Å². The molecule has 0 amide bonds. The molecule has 1 unspecified atom stereocenters. The fraction of sp³-hybridized carbons (Fsp3) is 0.267. The molecule has 0 aliphatic rings. The van der Waals surface area contributed by atoms with Crippen LogP contribution in [0, 0.1) is 13.8 Å². The highest BCUT2D eigenvalue weighted by Crippen LogP contribution is 2.44. The minimum atomic E-state index is -4.38. The maximum atomic E-state index is 13.0. The average Bonchev–Trinajstić information content (AvgIpc) is 3.29. The van der Waals surface area contributed by atoms with Gasteiger partial charge >= 0.3 is 12.1 Å². The smallest absolute Gasteiger partial charge is 0.416 e. The second-order valence-electron chi connectivity index (χ2n) is 8.86. The molecule has 4 nitrogen and oxygen atoms in total. The number of aryl methyl sites for hydroxylation is 2. The number of carbonyl (C=O) groups excluding carboxylic acids is 1. The summed E-state index contributed by atoms with van der Waals surface area (Å²) in [7, 11) is 0. The Balaban J connectivity index is 1.59. The highest BCUT2D eigenvalue weighted by molar-refractivity contribution is 7.99. The van der Waals surface area contributed by atoms with Crippen LogP contribution in [0.3, 0.4) is 0 Å². The van der Waals surface area contributed by atoms with Crippen LogP contribution < -0.4 is 4.74 Å². The minimum Gasteiger partial charge on any atom is -0.482 e. The first-order valence-corrected chi connectivity index (χ1v) is 14.1. The molecule has 0 fully saturated rings. The van der Waals surface area contributed by atoms with Crippen molar-refractivity contribution in [2.75, 3.05) is 13.2 Å². The van der Waals surface area contributed by atoms with Crippen molar-refractivity contribution in [2.45, 2.75) is 43.5 Å². The van der Waals surface area contributed by atoms with Gasteiger partial charge in [-0.25, -0.2) is 9.78 Å². The van der Waals surface area contributed by atoms with Crippen molar-refractivity contribution in [3.05, 3.63) is 100 Å². The number of aromatic nitrogens is 1. The van der Waals surface area contributed by atoms with Gasteiger partial charge in [-0.1, -0.05) is 42.5 Å². The SMILES string of the molecule is CCOC(=O)COc1ccc(SC(Cc2ccccc2)c2sc(-c3ccc(C(F)(F)F)cc3)nc2C)cc1C.